The summed E-state index contributed by atoms with van der Waals surface area (Å²) in [6, 6.07) is 16.3. The lowest BCUT2D eigenvalue weighted by Crippen LogP contribution is -2.16. The second kappa shape index (κ2) is 8.94. The summed E-state index contributed by atoms with van der Waals surface area (Å²) in [7, 11) is -4.02. The van der Waals surface area contributed by atoms with Crippen molar-refractivity contribution in [1.29, 1.82) is 0 Å². The van der Waals surface area contributed by atoms with Crippen molar-refractivity contribution in [1.82, 2.24) is 5.32 Å². The zero-order valence-electron chi connectivity index (χ0n) is 13.7. The van der Waals surface area contributed by atoms with Gasteiger partial charge >= 0.3 is 0 Å². The Morgan fingerprint density at radius 1 is 1.12 bits per heavy atom. The lowest BCUT2D eigenvalue weighted by atomic mass is 10.2. The molecule has 130 valence electrons. The molecule has 1 atom stereocenters. The summed E-state index contributed by atoms with van der Waals surface area (Å²) >= 11 is 0. The first kappa shape index (κ1) is 18.6. The summed E-state index contributed by atoms with van der Waals surface area (Å²) < 4.78 is 35.3. The first-order chi connectivity index (χ1) is 11.4. The van der Waals surface area contributed by atoms with Crippen LogP contribution in [-0.2, 0) is 21.5 Å². The maximum atomic E-state index is 10.5. The molecule has 0 aromatic heterocycles. The second-order valence-corrected chi connectivity index (χ2v) is 7.12. The fourth-order valence-electron chi connectivity index (χ4n) is 2.27. The summed E-state index contributed by atoms with van der Waals surface area (Å²) in [5, 5.41) is 3.28. The van der Waals surface area contributed by atoms with E-state index in [0.717, 1.165) is 31.7 Å². The Labute approximate surface area is 143 Å². The molecule has 0 bridgehead atoms. The number of benzene rings is 2. The zero-order valence-corrected chi connectivity index (χ0v) is 14.5. The maximum Gasteiger partial charge on any atom is 0.294 e. The van der Waals surface area contributed by atoms with Gasteiger partial charge in [0.2, 0.25) is 0 Å². The Morgan fingerprint density at radius 3 is 2.33 bits per heavy atom. The van der Waals surface area contributed by atoms with E-state index in [1.807, 2.05) is 25.1 Å². The average Bonchev–Trinajstić information content (AvgIpc) is 3.08. The molecule has 1 aliphatic rings. The van der Waals surface area contributed by atoms with Crippen molar-refractivity contribution in [3.05, 3.63) is 65.7 Å². The lowest BCUT2D eigenvalue weighted by molar-refractivity contribution is 0.0542. The van der Waals surface area contributed by atoms with Gasteiger partial charge in [-0.05, 0) is 37.6 Å². The molecule has 5 nitrogen and oxygen atoms in total. The molecule has 2 aromatic carbocycles. The van der Waals surface area contributed by atoms with Gasteiger partial charge in [0.15, 0.2) is 0 Å². The number of aryl methyl sites for hydroxylation is 1. The summed E-state index contributed by atoms with van der Waals surface area (Å²) in [6.45, 7) is 4.69. The smallest absolute Gasteiger partial charge is 0.294 e. The van der Waals surface area contributed by atoms with Crippen molar-refractivity contribution < 1.29 is 17.7 Å². The quantitative estimate of drug-likeness (QED) is 0.830. The highest BCUT2D eigenvalue weighted by Gasteiger charge is 2.14. The van der Waals surface area contributed by atoms with Crippen LogP contribution in [-0.4, -0.2) is 32.2 Å². The van der Waals surface area contributed by atoms with E-state index in [0.29, 0.717) is 6.10 Å². The predicted octanol–water partition coefficient (Wildman–Crippen LogP) is 2.81. The fraction of sp³-hybridized carbons (Fsp3) is 0.333. The molecule has 6 heteroatoms. The number of hydrogen-bond acceptors (Lipinski definition) is 4. The largest absolute Gasteiger partial charge is 0.372 e. The predicted molar refractivity (Wildman–Crippen MR) is 93.5 cm³/mol. The molecule has 1 saturated heterocycles. The van der Waals surface area contributed by atoms with Gasteiger partial charge in [-0.1, -0.05) is 48.0 Å². The van der Waals surface area contributed by atoms with Gasteiger partial charge in [-0.25, -0.2) is 0 Å². The minimum absolute atomic E-state index is 0.0666. The van der Waals surface area contributed by atoms with Crippen LogP contribution in [0, 0.1) is 6.92 Å². The van der Waals surface area contributed by atoms with E-state index >= 15 is 0 Å². The van der Waals surface area contributed by atoms with Gasteiger partial charge in [0.05, 0.1) is 17.6 Å². The van der Waals surface area contributed by atoms with Gasteiger partial charge in [-0.2, -0.15) is 8.42 Å². The van der Waals surface area contributed by atoms with E-state index in [-0.39, 0.29) is 4.90 Å². The van der Waals surface area contributed by atoms with Crippen LogP contribution in [0.5, 0.6) is 0 Å². The standard InChI is InChI=1S/C11H15NO.C7H8O3S/c1-2-4-10(5-3-1)9-13-11-6-7-12-8-11;1-6-2-4-7(5-3-6)11(8,9)10/h1-5,11-12H,6-9H2;2-5H,1H3,(H,8,9,10)/t11-;/m0./s1. The molecule has 0 aliphatic carbocycles. The van der Waals surface area contributed by atoms with Crippen molar-refractivity contribution in [3.8, 4) is 0 Å². The Balaban J connectivity index is 0.000000177. The molecular formula is C18H23NO4S. The molecule has 0 spiro atoms. The highest BCUT2D eigenvalue weighted by atomic mass is 32.2. The monoisotopic (exact) mass is 349 g/mol. The van der Waals surface area contributed by atoms with Crippen molar-refractivity contribution in [2.75, 3.05) is 13.1 Å². The van der Waals surface area contributed by atoms with Gasteiger partial charge in [0.1, 0.15) is 0 Å². The van der Waals surface area contributed by atoms with Crippen LogP contribution in [0.3, 0.4) is 0 Å². The number of hydrogen-bond donors (Lipinski definition) is 2. The third kappa shape index (κ3) is 6.41. The molecule has 1 fully saturated rings. The van der Waals surface area contributed by atoms with Gasteiger partial charge in [0, 0.05) is 6.54 Å². The molecular weight excluding hydrogens is 326 g/mol. The van der Waals surface area contributed by atoms with Gasteiger partial charge < -0.3 is 10.1 Å². The van der Waals surface area contributed by atoms with Crippen LogP contribution in [0.15, 0.2) is 59.5 Å². The van der Waals surface area contributed by atoms with E-state index in [4.69, 9.17) is 9.29 Å². The average molecular weight is 349 g/mol. The Kier molecular flexibility index (Phi) is 6.93. The SMILES string of the molecule is Cc1ccc(S(=O)(=O)O)cc1.c1ccc(CO[C@H]2CCNC2)cc1. The molecule has 0 unspecified atom stereocenters. The summed E-state index contributed by atoms with van der Waals surface area (Å²) in [6.07, 6.45) is 1.56. The molecule has 1 aliphatic heterocycles. The fourth-order valence-corrected chi connectivity index (χ4v) is 2.75. The van der Waals surface area contributed by atoms with E-state index in [2.05, 4.69) is 17.4 Å². The lowest BCUT2D eigenvalue weighted by Gasteiger charge is -2.09. The topological polar surface area (TPSA) is 75.6 Å². The van der Waals surface area contributed by atoms with Crippen LogP contribution < -0.4 is 5.32 Å². The minimum atomic E-state index is -4.02. The van der Waals surface area contributed by atoms with Gasteiger partial charge in [-0.3, -0.25) is 4.55 Å². The second-order valence-electron chi connectivity index (χ2n) is 5.70. The summed E-state index contributed by atoms with van der Waals surface area (Å²) in [5.74, 6) is 0. The maximum absolute atomic E-state index is 10.5. The van der Waals surface area contributed by atoms with Crippen LogP contribution >= 0.6 is 0 Å². The number of rotatable bonds is 4. The molecule has 2 N–H and O–H groups in total. The summed E-state index contributed by atoms with van der Waals surface area (Å²) in [4.78, 5) is -0.0666. The van der Waals surface area contributed by atoms with Gasteiger partial charge in [-0.15, -0.1) is 0 Å². The molecule has 24 heavy (non-hydrogen) atoms. The van der Waals surface area contributed by atoms with Gasteiger partial charge in [0.25, 0.3) is 10.1 Å². The first-order valence-corrected chi connectivity index (χ1v) is 9.29. The minimum Gasteiger partial charge on any atom is -0.372 e. The zero-order chi connectivity index (χ0) is 17.4. The van der Waals surface area contributed by atoms with Crippen LogP contribution in [0.2, 0.25) is 0 Å². The molecule has 2 aromatic rings. The highest BCUT2D eigenvalue weighted by molar-refractivity contribution is 7.85. The van der Waals surface area contributed by atoms with E-state index in [1.54, 1.807) is 12.1 Å². The van der Waals surface area contributed by atoms with Crippen LogP contribution in [0.4, 0.5) is 0 Å². The van der Waals surface area contributed by atoms with E-state index < -0.39 is 10.1 Å². The molecule has 1 heterocycles. The van der Waals surface area contributed by atoms with Crippen molar-refractivity contribution in [2.45, 2.75) is 31.0 Å². The number of ether oxygens (including phenoxy) is 1. The summed E-state index contributed by atoms with van der Waals surface area (Å²) in [5.41, 5.74) is 2.21. The number of nitrogens with one attached hydrogen (secondary N) is 1. The van der Waals surface area contributed by atoms with Crippen molar-refractivity contribution >= 4 is 10.1 Å². The highest BCUT2D eigenvalue weighted by Crippen LogP contribution is 2.09. The first-order valence-electron chi connectivity index (χ1n) is 7.85. The third-order valence-corrected chi connectivity index (χ3v) is 4.53. The molecule has 0 saturated carbocycles. The third-order valence-electron chi connectivity index (χ3n) is 3.66. The molecule has 0 amide bonds. The van der Waals surface area contributed by atoms with Crippen LogP contribution in [0.1, 0.15) is 17.5 Å². The Bertz CT molecular complexity index is 708. The molecule has 0 radical (unpaired) electrons. The normalized spacial score (nSPS) is 17.2. The van der Waals surface area contributed by atoms with E-state index in [9.17, 15) is 8.42 Å². The van der Waals surface area contributed by atoms with Crippen molar-refractivity contribution in [2.24, 2.45) is 0 Å². The molecule has 3 rings (SSSR count). The Morgan fingerprint density at radius 2 is 1.79 bits per heavy atom. The van der Waals surface area contributed by atoms with Crippen molar-refractivity contribution in [3.63, 3.8) is 0 Å². The van der Waals surface area contributed by atoms with Crippen LogP contribution in [0.25, 0.3) is 0 Å². The Hall–Kier alpha value is -1.73. The van der Waals surface area contributed by atoms with E-state index in [1.165, 1.54) is 17.7 Å².